The van der Waals surface area contributed by atoms with Gasteiger partial charge in [-0.15, -0.1) is 5.10 Å². The number of hydrogen-bond donors (Lipinski definition) is 0. The van der Waals surface area contributed by atoms with E-state index in [9.17, 15) is 0 Å². The zero-order valence-corrected chi connectivity index (χ0v) is 17.3. The minimum absolute atomic E-state index is 0.655. The van der Waals surface area contributed by atoms with Gasteiger partial charge in [0.25, 0.3) is 0 Å². The van der Waals surface area contributed by atoms with Crippen LogP contribution < -0.4 is 9.47 Å². The Balaban J connectivity index is 1.88. The molecule has 1 heterocycles. The van der Waals surface area contributed by atoms with Gasteiger partial charge in [0.15, 0.2) is 0 Å². The molecule has 1 aliphatic heterocycles. The molecule has 0 bridgehead atoms. The molecule has 1 aliphatic rings. The summed E-state index contributed by atoms with van der Waals surface area (Å²) >= 11 is 0. The maximum absolute atomic E-state index is 5.33. The molecule has 3 aromatic carbocycles. The highest BCUT2D eigenvalue weighted by molar-refractivity contribution is 6.04. The summed E-state index contributed by atoms with van der Waals surface area (Å²) in [4.78, 5) is 0. The van der Waals surface area contributed by atoms with Crippen LogP contribution in [0.4, 0.5) is 0 Å². The lowest BCUT2D eigenvalue weighted by Gasteiger charge is -2.15. The summed E-state index contributed by atoms with van der Waals surface area (Å²) in [7, 11) is 3.35. The van der Waals surface area contributed by atoms with Gasteiger partial charge in [0.2, 0.25) is 0 Å². The van der Waals surface area contributed by atoms with E-state index >= 15 is 0 Å². The molecule has 0 aliphatic carbocycles. The van der Waals surface area contributed by atoms with Crippen LogP contribution in [-0.2, 0) is 6.42 Å². The van der Waals surface area contributed by atoms with Crippen molar-refractivity contribution in [3.63, 3.8) is 0 Å². The molecule has 3 aromatic rings. The zero-order chi connectivity index (χ0) is 20.9. The van der Waals surface area contributed by atoms with Gasteiger partial charge in [-0.25, -0.2) is 0 Å². The molecule has 148 valence electrons. The predicted molar refractivity (Wildman–Crippen MR) is 123 cm³/mol. The molecular weight excluding hydrogens is 372 g/mol. The number of fused-ring (bicyclic) bond motifs is 1. The fourth-order valence-corrected chi connectivity index (χ4v) is 3.54. The Morgan fingerprint density at radius 3 is 1.90 bits per heavy atom. The lowest BCUT2D eigenvalue weighted by molar-refractivity contribution is 0.414. The Kier molecular flexibility index (Phi) is 5.63. The van der Waals surface area contributed by atoms with Gasteiger partial charge in [-0.1, -0.05) is 30.2 Å². The van der Waals surface area contributed by atoms with Crippen molar-refractivity contribution in [1.29, 1.82) is 0 Å². The van der Waals surface area contributed by atoms with Crippen molar-refractivity contribution in [2.45, 2.75) is 13.3 Å². The first-order valence-corrected chi connectivity index (χ1v) is 9.70. The average Bonchev–Trinajstić information content (AvgIpc) is 3.00. The molecule has 0 radical (unpaired) electrons. The minimum Gasteiger partial charge on any atom is -0.497 e. The predicted octanol–water partition coefficient (Wildman–Crippen LogP) is 5.39. The molecule has 4 nitrogen and oxygen atoms in total. The van der Waals surface area contributed by atoms with Crippen molar-refractivity contribution in [3.05, 3.63) is 71.8 Å². The van der Waals surface area contributed by atoms with Gasteiger partial charge in [-0.3, -0.25) is 0 Å². The van der Waals surface area contributed by atoms with Crippen LogP contribution in [0.15, 0.2) is 70.9 Å². The van der Waals surface area contributed by atoms with E-state index in [4.69, 9.17) is 9.47 Å². The van der Waals surface area contributed by atoms with E-state index in [-0.39, 0.29) is 0 Å². The largest absolute Gasteiger partial charge is 0.497 e. The van der Waals surface area contributed by atoms with Gasteiger partial charge in [0.05, 0.1) is 20.4 Å². The molecule has 30 heavy (non-hydrogen) atoms. The lowest BCUT2D eigenvalue weighted by Crippen LogP contribution is -2.02. The third kappa shape index (κ3) is 3.97. The van der Waals surface area contributed by atoms with Crippen molar-refractivity contribution in [2.75, 3.05) is 14.2 Å². The summed E-state index contributed by atoms with van der Waals surface area (Å²) in [6.45, 7) is 1.81. The Labute approximate surface area is 176 Å². The molecule has 0 spiro atoms. The van der Waals surface area contributed by atoms with Crippen LogP contribution in [0.25, 0.3) is 22.3 Å². The smallest absolute Gasteiger partial charge is 0.118 e. The quantitative estimate of drug-likeness (QED) is 0.557. The number of methoxy groups -OCH3 is 2. The number of hydrogen-bond acceptors (Lipinski definition) is 4. The SMILES string of the molecule is CC#CC1=NN=Cc2cc(-c3ccc(OC)cc3)c(-c3ccc(OC)cc3)cc2C1. The second-order valence-electron chi connectivity index (χ2n) is 6.90. The molecule has 4 rings (SSSR count). The molecule has 0 N–H and O–H groups in total. The summed E-state index contributed by atoms with van der Waals surface area (Å²) < 4.78 is 10.7. The third-order valence-electron chi connectivity index (χ3n) is 5.08. The first kappa shape index (κ1) is 19.5. The molecule has 0 fully saturated rings. The van der Waals surface area contributed by atoms with Crippen LogP contribution in [0.2, 0.25) is 0 Å². The fourth-order valence-electron chi connectivity index (χ4n) is 3.54. The van der Waals surface area contributed by atoms with E-state index in [2.05, 4.69) is 58.4 Å². The highest BCUT2D eigenvalue weighted by Gasteiger charge is 2.15. The van der Waals surface area contributed by atoms with Gasteiger partial charge in [-0.2, -0.15) is 5.10 Å². The molecule has 4 heteroatoms. The van der Waals surface area contributed by atoms with Crippen molar-refractivity contribution >= 4 is 11.9 Å². The van der Waals surface area contributed by atoms with Gasteiger partial charge in [0, 0.05) is 6.42 Å². The normalized spacial score (nSPS) is 12.2. The summed E-state index contributed by atoms with van der Waals surface area (Å²) in [5.74, 6) is 7.64. The van der Waals surface area contributed by atoms with Crippen LogP contribution in [0, 0.1) is 11.8 Å². The molecule has 0 aromatic heterocycles. The maximum Gasteiger partial charge on any atom is 0.118 e. The maximum atomic E-state index is 5.33. The second kappa shape index (κ2) is 8.67. The fraction of sp³-hybridized carbons (Fsp3) is 0.154. The highest BCUT2D eigenvalue weighted by atomic mass is 16.5. The van der Waals surface area contributed by atoms with Crippen molar-refractivity contribution in [1.82, 2.24) is 0 Å². The Morgan fingerprint density at radius 2 is 1.37 bits per heavy atom. The van der Waals surface area contributed by atoms with Crippen LogP contribution in [0.5, 0.6) is 11.5 Å². The van der Waals surface area contributed by atoms with E-state index in [0.717, 1.165) is 50.6 Å². The molecule has 0 atom stereocenters. The van der Waals surface area contributed by atoms with E-state index in [1.54, 1.807) is 14.2 Å². The molecule has 0 saturated heterocycles. The average molecular weight is 394 g/mol. The Bertz CT molecular complexity index is 1180. The Morgan fingerprint density at radius 1 is 0.800 bits per heavy atom. The first-order valence-electron chi connectivity index (χ1n) is 9.70. The van der Waals surface area contributed by atoms with Gasteiger partial charge >= 0.3 is 0 Å². The molecule has 0 amide bonds. The van der Waals surface area contributed by atoms with Crippen molar-refractivity contribution in [2.24, 2.45) is 10.2 Å². The number of benzene rings is 3. The van der Waals surface area contributed by atoms with E-state index in [0.29, 0.717) is 6.42 Å². The second-order valence-corrected chi connectivity index (χ2v) is 6.90. The van der Waals surface area contributed by atoms with E-state index in [1.165, 1.54) is 0 Å². The molecule has 0 saturated carbocycles. The van der Waals surface area contributed by atoms with Crippen LogP contribution in [-0.4, -0.2) is 26.1 Å². The summed E-state index contributed by atoms with van der Waals surface area (Å²) in [6, 6.07) is 20.6. The van der Waals surface area contributed by atoms with E-state index < -0.39 is 0 Å². The third-order valence-corrected chi connectivity index (χ3v) is 5.08. The van der Waals surface area contributed by atoms with Crippen LogP contribution >= 0.6 is 0 Å². The highest BCUT2D eigenvalue weighted by Crippen LogP contribution is 2.36. The zero-order valence-electron chi connectivity index (χ0n) is 17.3. The summed E-state index contributed by atoms with van der Waals surface area (Å²) in [5.41, 5.74) is 7.46. The van der Waals surface area contributed by atoms with Crippen LogP contribution in [0.3, 0.4) is 0 Å². The van der Waals surface area contributed by atoms with Crippen molar-refractivity contribution < 1.29 is 9.47 Å². The minimum atomic E-state index is 0.655. The van der Waals surface area contributed by atoms with Gasteiger partial charge < -0.3 is 9.47 Å². The lowest BCUT2D eigenvalue weighted by atomic mass is 9.89. The monoisotopic (exact) mass is 394 g/mol. The van der Waals surface area contributed by atoms with Crippen molar-refractivity contribution in [3.8, 4) is 45.6 Å². The number of rotatable bonds is 4. The summed E-state index contributed by atoms with van der Waals surface area (Å²) in [5, 5.41) is 8.48. The molecule has 0 unspecified atom stereocenters. The Hall–Kier alpha value is -3.84. The molecular formula is C26H22N2O2. The summed E-state index contributed by atoms with van der Waals surface area (Å²) in [6.07, 6.45) is 2.46. The van der Waals surface area contributed by atoms with E-state index in [1.807, 2.05) is 37.4 Å². The van der Waals surface area contributed by atoms with Gasteiger partial charge in [0.1, 0.15) is 17.2 Å². The first-order chi connectivity index (χ1) is 14.7. The standard InChI is InChI=1S/C26H22N2O2/c1-4-5-22-14-20-15-25(18-6-10-23(29-2)11-7-18)26(16-21(20)17-27-28-22)19-8-12-24(30-3)13-9-19/h6-13,15-17H,14H2,1-3H3. The number of ether oxygens (including phenoxy) is 2. The van der Waals surface area contributed by atoms with Crippen LogP contribution in [0.1, 0.15) is 18.1 Å². The van der Waals surface area contributed by atoms with Gasteiger partial charge in [-0.05, 0) is 82.6 Å². The topological polar surface area (TPSA) is 43.2 Å². The number of nitrogens with zero attached hydrogens (tertiary/aromatic N) is 2.